The van der Waals surface area contributed by atoms with Gasteiger partial charge in [0.15, 0.2) is 0 Å². The average Bonchev–Trinajstić information content (AvgIpc) is 3.03. The predicted molar refractivity (Wildman–Crippen MR) is 166 cm³/mol. The molecule has 3 N–H and O–H groups in total. The first-order valence-electron chi connectivity index (χ1n) is 14.8. The van der Waals surface area contributed by atoms with Crippen LogP contribution in [0, 0.1) is 0 Å². The molecular formula is C34H39N5O4. The van der Waals surface area contributed by atoms with E-state index in [-0.39, 0.29) is 30.2 Å². The highest BCUT2D eigenvalue weighted by molar-refractivity contribution is 5.99. The summed E-state index contributed by atoms with van der Waals surface area (Å²) in [6.07, 6.45) is 11.0. The summed E-state index contributed by atoms with van der Waals surface area (Å²) < 4.78 is 0. The molecule has 9 nitrogen and oxygen atoms in total. The molecule has 2 heterocycles. The van der Waals surface area contributed by atoms with Gasteiger partial charge in [0.2, 0.25) is 17.7 Å². The van der Waals surface area contributed by atoms with Crippen LogP contribution in [0.3, 0.4) is 0 Å². The minimum atomic E-state index is -0.891. The summed E-state index contributed by atoms with van der Waals surface area (Å²) in [5.74, 6) is -0.839. The number of amides is 4. The number of benzene rings is 2. The molecule has 3 aromatic rings. The Morgan fingerprint density at radius 2 is 1.79 bits per heavy atom. The summed E-state index contributed by atoms with van der Waals surface area (Å²) in [5.41, 5.74) is 2.53. The summed E-state index contributed by atoms with van der Waals surface area (Å²) in [6, 6.07) is 18.8. The highest BCUT2D eigenvalue weighted by atomic mass is 16.2. The Bertz CT molecular complexity index is 1410. The second-order valence-electron chi connectivity index (χ2n) is 10.6. The molecule has 0 fully saturated rings. The van der Waals surface area contributed by atoms with Gasteiger partial charge < -0.3 is 20.9 Å². The van der Waals surface area contributed by atoms with E-state index in [4.69, 9.17) is 0 Å². The van der Waals surface area contributed by atoms with Crippen LogP contribution in [0.1, 0.15) is 66.6 Å². The van der Waals surface area contributed by atoms with Crippen molar-refractivity contribution >= 4 is 29.3 Å². The molecule has 2 atom stereocenters. The van der Waals surface area contributed by atoms with Gasteiger partial charge in [0, 0.05) is 55.6 Å². The third-order valence-electron chi connectivity index (χ3n) is 7.24. The number of carbonyl (C=O) groups is 4. The number of anilines is 1. The Morgan fingerprint density at radius 3 is 2.56 bits per heavy atom. The van der Waals surface area contributed by atoms with Crippen LogP contribution in [-0.4, -0.2) is 52.6 Å². The van der Waals surface area contributed by atoms with Crippen LogP contribution in [-0.2, 0) is 20.8 Å². The lowest BCUT2D eigenvalue weighted by molar-refractivity contribution is -0.135. The third kappa shape index (κ3) is 9.36. The molecule has 1 aliphatic heterocycles. The number of carbonyl (C=O) groups excluding carboxylic acids is 4. The lowest BCUT2D eigenvalue weighted by Gasteiger charge is -2.36. The number of rotatable bonds is 13. The van der Waals surface area contributed by atoms with Crippen molar-refractivity contribution in [3.05, 3.63) is 108 Å². The molecule has 0 bridgehead atoms. The molecule has 9 heteroatoms. The molecule has 4 rings (SSSR count). The Kier molecular flexibility index (Phi) is 11.6. The van der Waals surface area contributed by atoms with Gasteiger partial charge in [-0.3, -0.25) is 24.2 Å². The second-order valence-corrected chi connectivity index (χ2v) is 10.6. The van der Waals surface area contributed by atoms with Gasteiger partial charge in [0.1, 0.15) is 6.04 Å². The first-order valence-corrected chi connectivity index (χ1v) is 14.8. The fourth-order valence-corrected chi connectivity index (χ4v) is 5.04. The molecule has 0 saturated carbocycles. The van der Waals surface area contributed by atoms with Crippen LogP contribution in [0.4, 0.5) is 5.69 Å². The molecule has 4 amide bonds. The Labute approximate surface area is 252 Å². The predicted octanol–water partition coefficient (Wildman–Crippen LogP) is 4.59. The number of pyridine rings is 1. The van der Waals surface area contributed by atoms with Crippen molar-refractivity contribution < 1.29 is 19.2 Å². The smallest absolute Gasteiger partial charge is 0.252 e. The first-order chi connectivity index (χ1) is 20.9. The van der Waals surface area contributed by atoms with E-state index in [1.807, 2.05) is 66.6 Å². The number of nitrogens with one attached hydrogen (secondary N) is 3. The van der Waals surface area contributed by atoms with Crippen molar-refractivity contribution in [1.29, 1.82) is 0 Å². The van der Waals surface area contributed by atoms with Crippen molar-refractivity contribution in [2.24, 2.45) is 0 Å². The number of aromatic nitrogens is 1. The maximum absolute atomic E-state index is 14.1. The second kappa shape index (κ2) is 16.0. The van der Waals surface area contributed by atoms with Crippen LogP contribution in [0.25, 0.3) is 0 Å². The van der Waals surface area contributed by atoms with E-state index < -0.39 is 11.9 Å². The molecule has 224 valence electrons. The van der Waals surface area contributed by atoms with Crippen LogP contribution < -0.4 is 16.0 Å². The van der Waals surface area contributed by atoms with Gasteiger partial charge in [0.05, 0.1) is 0 Å². The molecule has 0 aliphatic carbocycles. The largest absolute Gasteiger partial charge is 0.356 e. The normalized spacial score (nSPS) is 14.9. The van der Waals surface area contributed by atoms with E-state index in [1.54, 1.807) is 30.5 Å². The van der Waals surface area contributed by atoms with E-state index in [0.717, 1.165) is 12.0 Å². The molecule has 0 radical (unpaired) electrons. The van der Waals surface area contributed by atoms with Gasteiger partial charge in [-0.2, -0.15) is 0 Å². The third-order valence-corrected chi connectivity index (χ3v) is 7.24. The van der Waals surface area contributed by atoms with E-state index in [2.05, 4.69) is 27.0 Å². The summed E-state index contributed by atoms with van der Waals surface area (Å²) in [5, 5.41) is 8.57. The zero-order valence-electron chi connectivity index (χ0n) is 24.5. The highest BCUT2D eigenvalue weighted by Crippen LogP contribution is 2.24. The first kappa shape index (κ1) is 31.2. The van der Waals surface area contributed by atoms with Crippen LogP contribution in [0.15, 0.2) is 91.3 Å². The number of hydrogen-bond donors (Lipinski definition) is 3. The molecule has 0 saturated heterocycles. The van der Waals surface area contributed by atoms with Crippen molar-refractivity contribution in [2.45, 2.75) is 57.5 Å². The van der Waals surface area contributed by atoms with E-state index >= 15 is 0 Å². The SMILES string of the molecule is CCCC(=O)NCCCC(=O)Nc1cccc(C(=O)N[C@H](C(=O)N2CC=CCC2Cc2cccnc2)c2ccccc2)c1. The number of nitrogens with zero attached hydrogens (tertiary/aromatic N) is 2. The van der Waals surface area contributed by atoms with Crippen molar-refractivity contribution in [1.82, 2.24) is 20.5 Å². The Hall–Kier alpha value is -4.79. The summed E-state index contributed by atoms with van der Waals surface area (Å²) in [6.45, 7) is 2.82. The summed E-state index contributed by atoms with van der Waals surface area (Å²) in [7, 11) is 0. The van der Waals surface area contributed by atoms with Crippen molar-refractivity contribution in [3.63, 3.8) is 0 Å². The molecule has 1 aromatic heterocycles. The van der Waals surface area contributed by atoms with Crippen LogP contribution in [0.2, 0.25) is 0 Å². The Balaban J connectivity index is 1.43. The fourth-order valence-electron chi connectivity index (χ4n) is 5.04. The van der Waals surface area contributed by atoms with Crippen molar-refractivity contribution in [3.8, 4) is 0 Å². The van der Waals surface area contributed by atoms with Gasteiger partial charge in [-0.25, -0.2) is 0 Å². The van der Waals surface area contributed by atoms with Gasteiger partial charge >= 0.3 is 0 Å². The standard InChI is InChI=1S/C34H39N5O4/c1-2-11-30(40)36-20-10-18-31(41)37-28-16-8-15-27(23-28)33(42)38-32(26-13-4-3-5-14-26)34(43)39-21-7-6-17-29(39)22-25-12-9-19-35-24-25/h3-9,12-16,19,23-24,29,32H,2,10-11,17-18,20-22H2,1H3,(H,36,40)(H,37,41)(H,38,42)/t29?,32-/m0/s1. The topological polar surface area (TPSA) is 120 Å². The molecule has 0 spiro atoms. The maximum Gasteiger partial charge on any atom is 0.252 e. The van der Waals surface area contributed by atoms with Gasteiger partial charge in [-0.1, -0.05) is 61.5 Å². The summed E-state index contributed by atoms with van der Waals surface area (Å²) in [4.78, 5) is 57.7. The molecule has 43 heavy (non-hydrogen) atoms. The molecule has 1 unspecified atom stereocenters. The van der Waals surface area contributed by atoms with Crippen molar-refractivity contribution in [2.75, 3.05) is 18.4 Å². The summed E-state index contributed by atoms with van der Waals surface area (Å²) >= 11 is 0. The van der Waals surface area contributed by atoms with Gasteiger partial charge in [-0.05, 0) is 61.1 Å². The molecular weight excluding hydrogens is 542 g/mol. The van der Waals surface area contributed by atoms with E-state index in [1.165, 1.54) is 0 Å². The van der Waals surface area contributed by atoms with Crippen LogP contribution in [0.5, 0.6) is 0 Å². The van der Waals surface area contributed by atoms with E-state index in [9.17, 15) is 19.2 Å². The zero-order chi connectivity index (χ0) is 30.4. The fraction of sp³-hybridized carbons (Fsp3) is 0.324. The zero-order valence-corrected chi connectivity index (χ0v) is 24.5. The quantitative estimate of drug-likeness (QED) is 0.202. The molecule has 1 aliphatic rings. The van der Waals surface area contributed by atoms with Gasteiger partial charge in [0.25, 0.3) is 5.91 Å². The molecule has 2 aromatic carbocycles. The number of hydrogen-bond acceptors (Lipinski definition) is 5. The minimum absolute atomic E-state index is 0.0188. The van der Waals surface area contributed by atoms with E-state index in [0.29, 0.717) is 55.6 Å². The Morgan fingerprint density at radius 1 is 0.953 bits per heavy atom. The van der Waals surface area contributed by atoms with Crippen LogP contribution >= 0.6 is 0 Å². The maximum atomic E-state index is 14.1. The lowest BCUT2D eigenvalue weighted by Crippen LogP contribution is -2.49. The lowest BCUT2D eigenvalue weighted by atomic mass is 9.97. The minimum Gasteiger partial charge on any atom is -0.356 e. The average molecular weight is 582 g/mol. The monoisotopic (exact) mass is 581 g/mol. The van der Waals surface area contributed by atoms with Gasteiger partial charge in [-0.15, -0.1) is 0 Å². The highest BCUT2D eigenvalue weighted by Gasteiger charge is 2.32.